The summed E-state index contributed by atoms with van der Waals surface area (Å²) in [7, 11) is 0. The number of nitrogens with zero attached hydrogens (tertiary/aromatic N) is 3. The quantitative estimate of drug-likeness (QED) is 0.181. The molecule has 1 atom stereocenters. The van der Waals surface area contributed by atoms with Crippen LogP contribution >= 0.6 is 27.3 Å². The summed E-state index contributed by atoms with van der Waals surface area (Å²) in [5.41, 5.74) is 4.65. The largest absolute Gasteiger partial charge is 0.494 e. The van der Waals surface area contributed by atoms with Gasteiger partial charge in [0.1, 0.15) is 5.75 Å². The lowest BCUT2D eigenvalue weighted by atomic mass is 9.96. The van der Waals surface area contributed by atoms with Gasteiger partial charge in [0, 0.05) is 33.7 Å². The number of esters is 1. The fourth-order valence-corrected chi connectivity index (χ4v) is 6.84. The van der Waals surface area contributed by atoms with E-state index in [2.05, 4.69) is 51.0 Å². The summed E-state index contributed by atoms with van der Waals surface area (Å²) in [4.78, 5) is 32.9. The summed E-state index contributed by atoms with van der Waals surface area (Å²) in [5, 5.41) is 1.05. The van der Waals surface area contributed by atoms with Gasteiger partial charge >= 0.3 is 5.97 Å². The summed E-state index contributed by atoms with van der Waals surface area (Å²) >= 11 is 4.84. The highest BCUT2D eigenvalue weighted by atomic mass is 79.9. The maximum absolute atomic E-state index is 14.2. The average molecular weight is 671 g/mol. The van der Waals surface area contributed by atoms with Gasteiger partial charge in [-0.25, -0.2) is 9.79 Å². The number of thiazole rings is 1. The maximum Gasteiger partial charge on any atom is 0.338 e. The van der Waals surface area contributed by atoms with Gasteiger partial charge in [-0.3, -0.25) is 9.36 Å². The molecule has 9 heteroatoms. The summed E-state index contributed by atoms with van der Waals surface area (Å²) < 4.78 is 16.7. The molecule has 224 valence electrons. The molecule has 0 spiro atoms. The summed E-state index contributed by atoms with van der Waals surface area (Å²) in [6.45, 7) is 8.58. The minimum atomic E-state index is -0.686. The number of carbonyl (C=O) groups is 1. The molecule has 0 radical (unpaired) electrons. The Kier molecular flexibility index (Phi) is 8.42. The summed E-state index contributed by atoms with van der Waals surface area (Å²) in [6.07, 6.45) is 3.71. The van der Waals surface area contributed by atoms with E-state index in [4.69, 9.17) is 14.5 Å². The van der Waals surface area contributed by atoms with Crippen LogP contribution in [0.4, 0.5) is 0 Å². The van der Waals surface area contributed by atoms with Crippen molar-refractivity contribution in [1.82, 2.24) is 9.13 Å². The number of hydrogen-bond donors (Lipinski definition) is 0. The number of aromatic nitrogens is 2. The number of hydrogen-bond acceptors (Lipinski definition) is 6. The molecule has 0 bridgehead atoms. The topological polar surface area (TPSA) is 74.8 Å². The van der Waals surface area contributed by atoms with Crippen LogP contribution < -0.4 is 19.6 Å². The van der Waals surface area contributed by atoms with Crippen molar-refractivity contribution in [3.8, 4) is 5.75 Å². The highest BCUT2D eigenvalue weighted by Crippen LogP contribution is 2.32. The van der Waals surface area contributed by atoms with Crippen LogP contribution in [0.3, 0.4) is 0 Å². The van der Waals surface area contributed by atoms with Gasteiger partial charge in [0.05, 0.1) is 34.6 Å². The highest BCUT2D eigenvalue weighted by molar-refractivity contribution is 9.10. The van der Waals surface area contributed by atoms with Crippen LogP contribution in [0.1, 0.15) is 50.4 Å². The minimum absolute atomic E-state index is 0.209. The normalized spacial score (nSPS) is 15.0. The van der Waals surface area contributed by atoms with Crippen molar-refractivity contribution < 1.29 is 14.3 Å². The van der Waals surface area contributed by atoms with E-state index in [0.29, 0.717) is 33.8 Å². The molecule has 2 aromatic heterocycles. The Morgan fingerprint density at radius 1 is 1.07 bits per heavy atom. The number of ether oxygens (including phenoxy) is 2. The van der Waals surface area contributed by atoms with Crippen molar-refractivity contribution in [2.75, 3.05) is 6.61 Å². The Hall–Kier alpha value is -4.21. The standard InChI is InChI=1S/C35H32BrN3O4S/c1-5-42-27-16-12-24(13-17-27)32-31(34(41)43-21(2)3)22(4)37-35-39(32)33(40)30(44-35)18-25-20-38(29-9-7-6-8-28(25)29)19-23-10-14-26(36)15-11-23/h6-18,20-21,32H,5,19H2,1-4H3/b30-18+/t32-/m0/s1. The van der Waals surface area contributed by atoms with Crippen LogP contribution in [-0.4, -0.2) is 27.8 Å². The number of rotatable bonds is 8. The van der Waals surface area contributed by atoms with E-state index < -0.39 is 12.0 Å². The van der Waals surface area contributed by atoms with Crippen molar-refractivity contribution in [2.45, 2.75) is 46.4 Å². The number of carbonyl (C=O) groups excluding carboxylic acids is 1. The predicted molar refractivity (Wildman–Crippen MR) is 178 cm³/mol. The zero-order valence-electron chi connectivity index (χ0n) is 24.9. The first kappa shape index (κ1) is 29.8. The van der Waals surface area contributed by atoms with E-state index in [1.165, 1.54) is 16.9 Å². The van der Waals surface area contributed by atoms with Gasteiger partial charge in [0.2, 0.25) is 0 Å². The summed E-state index contributed by atoms with van der Waals surface area (Å²) in [5.74, 6) is 0.237. The second-order valence-corrected chi connectivity index (χ2v) is 12.8. The van der Waals surface area contributed by atoms with E-state index in [0.717, 1.165) is 32.3 Å². The zero-order chi connectivity index (χ0) is 31.0. The number of fused-ring (bicyclic) bond motifs is 2. The van der Waals surface area contributed by atoms with Gasteiger partial charge in [0.15, 0.2) is 4.80 Å². The average Bonchev–Trinajstić information content (AvgIpc) is 3.50. The number of para-hydroxylation sites is 1. The van der Waals surface area contributed by atoms with Gasteiger partial charge in [-0.15, -0.1) is 0 Å². The third-order valence-corrected chi connectivity index (χ3v) is 8.97. The second-order valence-electron chi connectivity index (χ2n) is 10.9. The van der Waals surface area contributed by atoms with E-state index in [9.17, 15) is 9.59 Å². The lowest BCUT2D eigenvalue weighted by Crippen LogP contribution is -2.40. The highest BCUT2D eigenvalue weighted by Gasteiger charge is 2.33. The Morgan fingerprint density at radius 3 is 2.50 bits per heavy atom. The molecular weight excluding hydrogens is 638 g/mol. The first-order valence-electron chi connectivity index (χ1n) is 14.5. The van der Waals surface area contributed by atoms with Crippen LogP contribution in [0, 0.1) is 0 Å². The number of allylic oxidation sites excluding steroid dienone is 1. The molecule has 0 amide bonds. The molecule has 3 aromatic carbocycles. The molecule has 1 aliphatic heterocycles. The molecule has 0 aliphatic carbocycles. The first-order chi connectivity index (χ1) is 21.2. The molecule has 7 nitrogen and oxygen atoms in total. The molecule has 44 heavy (non-hydrogen) atoms. The Labute approximate surface area is 267 Å². The molecule has 0 unspecified atom stereocenters. The van der Waals surface area contributed by atoms with Crippen LogP contribution in [0.5, 0.6) is 5.75 Å². The second kappa shape index (κ2) is 12.4. The minimum Gasteiger partial charge on any atom is -0.494 e. The van der Waals surface area contributed by atoms with Crippen LogP contribution in [0.2, 0.25) is 0 Å². The smallest absolute Gasteiger partial charge is 0.338 e. The monoisotopic (exact) mass is 669 g/mol. The van der Waals surface area contributed by atoms with Crippen molar-refractivity contribution in [3.63, 3.8) is 0 Å². The zero-order valence-corrected chi connectivity index (χ0v) is 27.3. The first-order valence-corrected chi connectivity index (χ1v) is 16.1. The van der Waals surface area contributed by atoms with Crippen molar-refractivity contribution >= 4 is 50.2 Å². The van der Waals surface area contributed by atoms with Crippen LogP contribution in [-0.2, 0) is 16.1 Å². The Balaban J connectivity index is 1.49. The van der Waals surface area contributed by atoms with Gasteiger partial charge in [-0.05, 0) is 75.2 Å². The fourth-order valence-electron chi connectivity index (χ4n) is 5.54. The molecule has 5 aromatic rings. The van der Waals surface area contributed by atoms with E-state index >= 15 is 0 Å². The Morgan fingerprint density at radius 2 is 1.80 bits per heavy atom. The maximum atomic E-state index is 14.2. The molecular formula is C35H32BrN3O4S. The number of halogens is 1. The third-order valence-electron chi connectivity index (χ3n) is 7.46. The molecule has 0 saturated carbocycles. The molecule has 1 aliphatic rings. The number of benzene rings is 3. The molecule has 6 rings (SSSR count). The van der Waals surface area contributed by atoms with E-state index in [-0.39, 0.29) is 11.7 Å². The van der Waals surface area contributed by atoms with Gasteiger partial charge < -0.3 is 14.0 Å². The molecule has 0 N–H and O–H groups in total. The van der Waals surface area contributed by atoms with E-state index in [1.807, 2.05) is 75.4 Å². The Bertz CT molecular complexity index is 2070. The van der Waals surface area contributed by atoms with E-state index in [1.54, 1.807) is 11.5 Å². The third kappa shape index (κ3) is 5.81. The van der Waals surface area contributed by atoms with Gasteiger partial charge in [-0.1, -0.05) is 69.7 Å². The molecule has 3 heterocycles. The lowest BCUT2D eigenvalue weighted by Gasteiger charge is -2.25. The van der Waals surface area contributed by atoms with Gasteiger partial charge in [0.25, 0.3) is 5.56 Å². The predicted octanol–water partition coefficient (Wildman–Crippen LogP) is 6.35. The van der Waals surface area contributed by atoms with Crippen LogP contribution in [0.15, 0.2) is 105 Å². The SMILES string of the molecule is CCOc1ccc([C@H]2C(C(=O)OC(C)C)=C(C)N=c3s/c(=C/c4cn(Cc5ccc(Br)cc5)c5ccccc45)c(=O)n32)cc1. The summed E-state index contributed by atoms with van der Waals surface area (Å²) in [6, 6.07) is 23.3. The van der Waals surface area contributed by atoms with Crippen molar-refractivity contribution in [1.29, 1.82) is 0 Å². The van der Waals surface area contributed by atoms with Crippen molar-refractivity contribution in [2.24, 2.45) is 4.99 Å². The van der Waals surface area contributed by atoms with Crippen LogP contribution in [0.25, 0.3) is 17.0 Å². The van der Waals surface area contributed by atoms with Gasteiger partial charge in [-0.2, -0.15) is 0 Å². The molecule has 0 fully saturated rings. The lowest BCUT2D eigenvalue weighted by molar-refractivity contribution is -0.143. The molecule has 0 saturated heterocycles. The van der Waals surface area contributed by atoms with Crippen molar-refractivity contribution in [3.05, 3.63) is 131 Å². The fraction of sp³-hybridized carbons (Fsp3) is 0.229.